The molecule has 2 amide bonds. The Balaban J connectivity index is 2.15. The molecule has 0 fully saturated rings. The van der Waals surface area contributed by atoms with Crippen molar-refractivity contribution in [1.29, 1.82) is 0 Å². The van der Waals surface area contributed by atoms with E-state index in [4.69, 9.17) is 0 Å². The van der Waals surface area contributed by atoms with Crippen molar-refractivity contribution in [3.05, 3.63) is 57.2 Å². The molecule has 0 unspecified atom stereocenters. The Bertz CT molecular complexity index is 626. The summed E-state index contributed by atoms with van der Waals surface area (Å²) in [6, 6.07) is 13.5. The predicted molar refractivity (Wildman–Crippen MR) is 92.4 cm³/mol. The van der Waals surface area contributed by atoms with E-state index in [-0.39, 0.29) is 6.03 Å². The zero-order chi connectivity index (χ0) is 14.5. The smallest absolute Gasteiger partial charge is 0.307 e. The fraction of sp³-hybridized carbons (Fsp3) is 0.188. The first-order chi connectivity index (χ1) is 9.61. The van der Waals surface area contributed by atoms with Gasteiger partial charge in [-0.2, -0.15) is 0 Å². The molecule has 0 bridgehead atoms. The van der Waals surface area contributed by atoms with Gasteiger partial charge in [-0.1, -0.05) is 37.3 Å². The number of carbonyl (C=O) groups is 1. The van der Waals surface area contributed by atoms with Gasteiger partial charge < -0.3 is 10.6 Å². The fourth-order valence-corrected chi connectivity index (χ4v) is 2.55. The van der Waals surface area contributed by atoms with Gasteiger partial charge in [0.15, 0.2) is 0 Å². The third-order valence-corrected chi connectivity index (χ3v) is 4.04. The van der Waals surface area contributed by atoms with E-state index in [0.717, 1.165) is 32.5 Å². The van der Waals surface area contributed by atoms with Gasteiger partial charge in [-0.25, -0.2) is 4.79 Å². The molecular weight excluding hydrogens is 363 g/mol. The lowest BCUT2D eigenvalue weighted by Crippen LogP contribution is -2.21. The van der Waals surface area contributed by atoms with Crippen molar-refractivity contribution in [2.45, 2.75) is 20.3 Å². The second kappa shape index (κ2) is 6.74. The zero-order valence-electron chi connectivity index (χ0n) is 11.5. The van der Waals surface area contributed by atoms with Gasteiger partial charge in [0.05, 0.1) is 5.69 Å². The number of amides is 2. The molecule has 2 aromatic carbocycles. The highest BCUT2D eigenvalue weighted by atomic mass is 127. The van der Waals surface area contributed by atoms with Crippen LogP contribution in [-0.4, -0.2) is 6.03 Å². The van der Waals surface area contributed by atoms with Gasteiger partial charge in [0, 0.05) is 9.26 Å². The van der Waals surface area contributed by atoms with Crippen molar-refractivity contribution in [3.63, 3.8) is 0 Å². The van der Waals surface area contributed by atoms with Gasteiger partial charge in [-0.15, -0.1) is 0 Å². The Morgan fingerprint density at radius 2 is 1.85 bits per heavy atom. The number of aryl methyl sites for hydroxylation is 2. The lowest BCUT2D eigenvalue weighted by molar-refractivity contribution is 0.262. The number of urea groups is 1. The van der Waals surface area contributed by atoms with E-state index in [0.29, 0.717) is 0 Å². The van der Waals surface area contributed by atoms with Crippen LogP contribution in [0.5, 0.6) is 0 Å². The number of nitrogens with one attached hydrogen (secondary N) is 2. The molecule has 0 saturated carbocycles. The molecule has 3 nitrogen and oxygen atoms in total. The summed E-state index contributed by atoms with van der Waals surface area (Å²) in [5.74, 6) is 0. The molecule has 0 radical (unpaired) electrons. The quantitative estimate of drug-likeness (QED) is 0.738. The summed E-state index contributed by atoms with van der Waals surface area (Å²) >= 11 is 2.20. The van der Waals surface area contributed by atoms with E-state index in [1.807, 2.05) is 49.4 Å². The maximum absolute atomic E-state index is 12.1. The summed E-state index contributed by atoms with van der Waals surface area (Å²) in [7, 11) is 0. The van der Waals surface area contributed by atoms with Crippen LogP contribution in [0.2, 0.25) is 0 Å². The van der Waals surface area contributed by atoms with Crippen LogP contribution in [0.1, 0.15) is 18.1 Å². The predicted octanol–water partition coefficient (Wildman–Crippen LogP) is 4.81. The van der Waals surface area contributed by atoms with Crippen LogP contribution in [0, 0.1) is 10.5 Å². The summed E-state index contributed by atoms with van der Waals surface area (Å²) in [6.45, 7) is 4.08. The van der Waals surface area contributed by atoms with E-state index in [2.05, 4.69) is 40.1 Å². The van der Waals surface area contributed by atoms with E-state index >= 15 is 0 Å². The number of rotatable bonds is 3. The molecule has 104 valence electrons. The molecule has 0 aliphatic carbocycles. The number of para-hydroxylation sites is 2. The zero-order valence-corrected chi connectivity index (χ0v) is 13.7. The summed E-state index contributed by atoms with van der Waals surface area (Å²) < 4.78 is 1.01. The normalized spacial score (nSPS) is 10.2. The summed E-state index contributed by atoms with van der Waals surface area (Å²) in [5.41, 5.74) is 3.93. The number of halogens is 1. The maximum atomic E-state index is 12.1. The molecular formula is C16H17IN2O. The first-order valence-electron chi connectivity index (χ1n) is 6.53. The lowest BCUT2D eigenvalue weighted by atomic mass is 10.1. The lowest BCUT2D eigenvalue weighted by Gasteiger charge is -2.14. The average Bonchev–Trinajstić information content (AvgIpc) is 2.43. The second-order valence-corrected chi connectivity index (χ2v) is 5.68. The van der Waals surface area contributed by atoms with Crippen LogP contribution in [0.3, 0.4) is 0 Å². The van der Waals surface area contributed by atoms with Gasteiger partial charge in [0.25, 0.3) is 0 Å². The van der Waals surface area contributed by atoms with Crippen LogP contribution >= 0.6 is 22.6 Å². The van der Waals surface area contributed by atoms with Crippen LogP contribution < -0.4 is 10.6 Å². The van der Waals surface area contributed by atoms with Crippen molar-refractivity contribution < 1.29 is 4.79 Å². The molecule has 0 aromatic heterocycles. The maximum Gasteiger partial charge on any atom is 0.323 e. The second-order valence-electron chi connectivity index (χ2n) is 4.52. The van der Waals surface area contributed by atoms with Crippen LogP contribution in [-0.2, 0) is 6.42 Å². The van der Waals surface area contributed by atoms with E-state index in [9.17, 15) is 4.79 Å². The Morgan fingerprint density at radius 3 is 2.55 bits per heavy atom. The van der Waals surface area contributed by atoms with Gasteiger partial charge in [0.2, 0.25) is 0 Å². The molecule has 0 spiro atoms. The number of benzene rings is 2. The largest absolute Gasteiger partial charge is 0.323 e. The highest BCUT2D eigenvalue weighted by Gasteiger charge is 2.09. The minimum atomic E-state index is -0.210. The fourth-order valence-electron chi connectivity index (χ4n) is 2.03. The van der Waals surface area contributed by atoms with E-state index < -0.39 is 0 Å². The Morgan fingerprint density at radius 1 is 1.10 bits per heavy atom. The highest BCUT2D eigenvalue weighted by molar-refractivity contribution is 14.1. The monoisotopic (exact) mass is 380 g/mol. The third kappa shape index (κ3) is 3.50. The molecule has 2 N–H and O–H groups in total. The minimum Gasteiger partial charge on any atom is -0.307 e. The Kier molecular flexibility index (Phi) is 5.00. The summed E-state index contributed by atoms with van der Waals surface area (Å²) in [4.78, 5) is 12.1. The van der Waals surface area contributed by atoms with E-state index in [1.165, 1.54) is 0 Å². The van der Waals surface area contributed by atoms with Gasteiger partial charge in [-0.05, 0) is 59.2 Å². The average molecular weight is 380 g/mol. The van der Waals surface area contributed by atoms with Gasteiger partial charge in [-0.3, -0.25) is 0 Å². The SMILES string of the molecule is CCc1cccc(C)c1NC(=O)Nc1ccccc1I. The van der Waals surface area contributed by atoms with Crippen molar-refractivity contribution >= 4 is 40.0 Å². The first-order valence-corrected chi connectivity index (χ1v) is 7.60. The molecule has 0 heterocycles. The van der Waals surface area contributed by atoms with E-state index in [1.54, 1.807) is 0 Å². The summed E-state index contributed by atoms with van der Waals surface area (Å²) in [5, 5.41) is 5.83. The van der Waals surface area contributed by atoms with Crippen LogP contribution in [0.25, 0.3) is 0 Å². The van der Waals surface area contributed by atoms with Crippen molar-refractivity contribution in [2.24, 2.45) is 0 Å². The molecule has 0 aliphatic rings. The molecule has 2 rings (SSSR count). The topological polar surface area (TPSA) is 41.1 Å². The number of hydrogen-bond acceptors (Lipinski definition) is 1. The molecule has 0 aliphatic heterocycles. The van der Waals surface area contributed by atoms with Crippen LogP contribution in [0.4, 0.5) is 16.2 Å². The Labute approximate surface area is 132 Å². The number of hydrogen-bond donors (Lipinski definition) is 2. The number of anilines is 2. The first kappa shape index (κ1) is 14.8. The molecule has 0 saturated heterocycles. The standard InChI is InChI=1S/C16H17IN2O/c1-3-12-8-6-7-11(2)15(12)19-16(20)18-14-10-5-4-9-13(14)17/h4-10H,3H2,1-2H3,(H2,18,19,20). The van der Waals surface area contributed by atoms with Crippen LogP contribution in [0.15, 0.2) is 42.5 Å². The van der Waals surface area contributed by atoms with Crippen molar-refractivity contribution in [3.8, 4) is 0 Å². The molecule has 4 heteroatoms. The third-order valence-electron chi connectivity index (χ3n) is 3.10. The minimum absolute atomic E-state index is 0.210. The highest BCUT2D eigenvalue weighted by Crippen LogP contribution is 2.22. The van der Waals surface area contributed by atoms with Gasteiger partial charge >= 0.3 is 6.03 Å². The van der Waals surface area contributed by atoms with Crippen molar-refractivity contribution in [2.75, 3.05) is 10.6 Å². The Hall–Kier alpha value is -1.56. The summed E-state index contributed by atoms with van der Waals surface area (Å²) in [6.07, 6.45) is 0.889. The van der Waals surface area contributed by atoms with Crippen molar-refractivity contribution in [1.82, 2.24) is 0 Å². The van der Waals surface area contributed by atoms with Gasteiger partial charge in [0.1, 0.15) is 0 Å². The number of carbonyl (C=O) groups excluding carboxylic acids is 1. The molecule has 0 atom stereocenters. The molecule has 20 heavy (non-hydrogen) atoms. The molecule has 2 aromatic rings.